The van der Waals surface area contributed by atoms with Crippen molar-refractivity contribution in [1.82, 2.24) is 19.2 Å². The number of benzene rings is 1. The van der Waals surface area contributed by atoms with E-state index in [1.54, 1.807) is 30.9 Å². The fourth-order valence-electron chi connectivity index (χ4n) is 3.63. The van der Waals surface area contributed by atoms with Crippen molar-refractivity contribution in [2.24, 2.45) is 7.05 Å². The smallest absolute Gasteiger partial charge is 0.345 e. The van der Waals surface area contributed by atoms with Crippen LogP contribution >= 0.6 is 0 Å². The van der Waals surface area contributed by atoms with E-state index in [0.29, 0.717) is 24.4 Å². The first-order chi connectivity index (χ1) is 12.4. The molecular formula is C19H26N4O3. The van der Waals surface area contributed by atoms with Crippen molar-refractivity contribution < 1.29 is 9.53 Å². The number of nitrogens with zero attached hydrogens (tertiary/aromatic N) is 4. The van der Waals surface area contributed by atoms with Gasteiger partial charge in [0.15, 0.2) is 0 Å². The first kappa shape index (κ1) is 18.2. The summed E-state index contributed by atoms with van der Waals surface area (Å²) in [5.74, 6) is 1.36. The van der Waals surface area contributed by atoms with Gasteiger partial charge in [-0.05, 0) is 38.8 Å². The summed E-state index contributed by atoms with van der Waals surface area (Å²) in [7, 11) is 3.24. The van der Waals surface area contributed by atoms with E-state index in [-0.39, 0.29) is 23.6 Å². The zero-order valence-corrected chi connectivity index (χ0v) is 15.8. The van der Waals surface area contributed by atoms with Crippen LogP contribution in [0.3, 0.4) is 0 Å². The van der Waals surface area contributed by atoms with Gasteiger partial charge in [0.2, 0.25) is 0 Å². The van der Waals surface area contributed by atoms with E-state index >= 15 is 0 Å². The summed E-state index contributed by atoms with van der Waals surface area (Å²) >= 11 is 0. The van der Waals surface area contributed by atoms with Crippen molar-refractivity contribution in [3.63, 3.8) is 0 Å². The number of aryl methyl sites for hydroxylation is 1. The number of carbonyl (C=O) groups excluding carboxylic acids is 1. The van der Waals surface area contributed by atoms with Crippen molar-refractivity contribution in [3.05, 3.63) is 46.1 Å². The van der Waals surface area contributed by atoms with Crippen LogP contribution in [0.1, 0.15) is 54.8 Å². The lowest BCUT2D eigenvalue weighted by Crippen LogP contribution is -2.40. The lowest BCUT2D eigenvalue weighted by atomic mass is 9.96. The topological polar surface area (TPSA) is 69.4 Å². The molecule has 26 heavy (non-hydrogen) atoms. The molecule has 0 aliphatic carbocycles. The average Bonchev–Trinajstić information content (AvgIpc) is 2.96. The Hall–Kier alpha value is -2.57. The molecule has 140 valence electrons. The maximum Gasteiger partial charge on any atom is 0.345 e. The zero-order chi connectivity index (χ0) is 18.8. The summed E-state index contributed by atoms with van der Waals surface area (Å²) in [5, 5.41) is 4.46. The number of hydrogen-bond acceptors (Lipinski definition) is 4. The van der Waals surface area contributed by atoms with Crippen LogP contribution in [0, 0.1) is 0 Å². The highest BCUT2D eigenvalue weighted by molar-refractivity contribution is 5.97. The van der Waals surface area contributed by atoms with Crippen molar-refractivity contribution in [3.8, 4) is 5.75 Å². The molecule has 1 aromatic heterocycles. The molecule has 1 aromatic carbocycles. The quantitative estimate of drug-likeness (QED) is 0.840. The first-order valence-corrected chi connectivity index (χ1v) is 9.01. The molecule has 1 fully saturated rings. The minimum Gasteiger partial charge on any atom is -0.496 e. The monoisotopic (exact) mass is 358 g/mol. The second-order valence-corrected chi connectivity index (χ2v) is 7.02. The van der Waals surface area contributed by atoms with E-state index in [9.17, 15) is 9.59 Å². The van der Waals surface area contributed by atoms with E-state index in [1.807, 2.05) is 30.9 Å². The Labute approximate surface area is 153 Å². The normalized spacial score (nSPS) is 17.6. The maximum absolute atomic E-state index is 13.0. The molecule has 1 amide bonds. The molecule has 1 aliphatic heterocycles. The number of carbonyl (C=O) groups is 1. The summed E-state index contributed by atoms with van der Waals surface area (Å²) in [4.78, 5) is 27.2. The van der Waals surface area contributed by atoms with Gasteiger partial charge < -0.3 is 9.64 Å². The predicted molar refractivity (Wildman–Crippen MR) is 98.7 cm³/mol. The molecule has 7 heteroatoms. The van der Waals surface area contributed by atoms with Gasteiger partial charge in [-0.2, -0.15) is 5.10 Å². The van der Waals surface area contributed by atoms with Gasteiger partial charge in [-0.15, -0.1) is 0 Å². The minimum atomic E-state index is -0.108. The lowest BCUT2D eigenvalue weighted by molar-refractivity contribution is 0.0699. The van der Waals surface area contributed by atoms with Crippen LogP contribution in [0.2, 0.25) is 0 Å². The molecule has 7 nitrogen and oxygen atoms in total. The molecule has 1 unspecified atom stereocenters. The van der Waals surface area contributed by atoms with Gasteiger partial charge in [-0.1, -0.05) is 12.1 Å². The highest BCUT2D eigenvalue weighted by atomic mass is 16.5. The third-order valence-corrected chi connectivity index (χ3v) is 4.91. The predicted octanol–water partition coefficient (Wildman–Crippen LogP) is 2.19. The highest BCUT2D eigenvalue weighted by Gasteiger charge is 2.31. The molecule has 3 rings (SSSR count). The second-order valence-electron chi connectivity index (χ2n) is 7.02. The summed E-state index contributed by atoms with van der Waals surface area (Å²) in [6, 6.07) is 7.31. The Morgan fingerprint density at radius 1 is 1.31 bits per heavy atom. The van der Waals surface area contributed by atoms with Crippen LogP contribution in [0.15, 0.2) is 29.1 Å². The third kappa shape index (κ3) is 3.25. The average molecular weight is 358 g/mol. The first-order valence-electron chi connectivity index (χ1n) is 9.01. The van der Waals surface area contributed by atoms with Gasteiger partial charge in [0.1, 0.15) is 11.6 Å². The largest absolute Gasteiger partial charge is 0.496 e. The SMILES string of the molecule is COc1ccccc1C(=O)N1CCCC(c2nn(C)c(=O)n2C(C)C)C1. The molecule has 0 saturated carbocycles. The number of aromatic nitrogens is 3. The zero-order valence-electron chi connectivity index (χ0n) is 15.8. The van der Waals surface area contributed by atoms with Crippen molar-refractivity contribution in [1.29, 1.82) is 0 Å². The number of methoxy groups -OCH3 is 1. The van der Waals surface area contributed by atoms with Crippen molar-refractivity contribution in [2.75, 3.05) is 20.2 Å². The van der Waals surface area contributed by atoms with Gasteiger partial charge >= 0.3 is 5.69 Å². The van der Waals surface area contributed by atoms with Crippen LogP contribution in [0.25, 0.3) is 0 Å². The van der Waals surface area contributed by atoms with E-state index in [0.717, 1.165) is 18.7 Å². The summed E-state index contributed by atoms with van der Waals surface area (Å²) in [6.07, 6.45) is 1.80. The number of rotatable bonds is 4. The number of hydrogen-bond donors (Lipinski definition) is 0. The Morgan fingerprint density at radius 3 is 2.73 bits per heavy atom. The summed E-state index contributed by atoms with van der Waals surface area (Å²) in [5.41, 5.74) is 0.459. The maximum atomic E-state index is 13.0. The number of likely N-dealkylation sites (tertiary alicyclic amines) is 1. The number of piperidine rings is 1. The number of para-hydroxylation sites is 1. The third-order valence-electron chi connectivity index (χ3n) is 4.91. The molecule has 0 spiro atoms. The molecule has 0 N–H and O–H groups in total. The second kappa shape index (κ2) is 7.35. The van der Waals surface area contributed by atoms with Crippen LogP contribution in [0.4, 0.5) is 0 Å². The standard InChI is InChI=1S/C19H26N4O3/c1-13(2)23-17(20-21(3)19(23)25)14-8-7-11-22(12-14)18(24)15-9-5-6-10-16(15)26-4/h5-6,9-10,13-14H,7-8,11-12H2,1-4H3. The Bertz CT molecular complexity index is 853. The Kier molecular flexibility index (Phi) is 5.15. The van der Waals surface area contributed by atoms with Crippen LogP contribution in [-0.4, -0.2) is 45.4 Å². The number of amides is 1. The van der Waals surface area contributed by atoms with Gasteiger partial charge in [0.25, 0.3) is 5.91 Å². The molecule has 0 radical (unpaired) electrons. The lowest BCUT2D eigenvalue weighted by Gasteiger charge is -2.33. The summed E-state index contributed by atoms with van der Waals surface area (Å²) < 4.78 is 8.45. The van der Waals surface area contributed by atoms with Crippen LogP contribution in [0.5, 0.6) is 5.75 Å². The van der Waals surface area contributed by atoms with Gasteiger partial charge in [-0.25, -0.2) is 9.48 Å². The van der Waals surface area contributed by atoms with Crippen LogP contribution < -0.4 is 10.4 Å². The molecule has 1 atom stereocenters. The van der Waals surface area contributed by atoms with Crippen LogP contribution in [-0.2, 0) is 7.05 Å². The van der Waals surface area contributed by atoms with Crippen molar-refractivity contribution in [2.45, 2.75) is 38.6 Å². The molecule has 2 heterocycles. The minimum absolute atomic E-state index is 0.0338. The van der Waals surface area contributed by atoms with Crippen molar-refractivity contribution >= 4 is 5.91 Å². The Morgan fingerprint density at radius 2 is 2.04 bits per heavy atom. The van der Waals surface area contributed by atoms with E-state index in [4.69, 9.17) is 4.74 Å². The molecule has 1 saturated heterocycles. The molecular weight excluding hydrogens is 332 g/mol. The Balaban J connectivity index is 1.88. The van der Waals surface area contributed by atoms with E-state index < -0.39 is 0 Å². The molecule has 1 aliphatic rings. The van der Waals surface area contributed by atoms with Gasteiger partial charge in [0, 0.05) is 32.1 Å². The highest BCUT2D eigenvalue weighted by Crippen LogP contribution is 2.28. The fourth-order valence-corrected chi connectivity index (χ4v) is 3.63. The number of ether oxygens (including phenoxy) is 1. The molecule has 0 bridgehead atoms. The van der Waals surface area contributed by atoms with E-state index in [2.05, 4.69) is 5.10 Å². The fraction of sp³-hybridized carbons (Fsp3) is 0.526. The summed E-state index contributed by atoms with van der Waals surface area (Å²) in [6.45, 7) is 5.21. The molecule has 2 aromatic rings. The van der Waals surface area contributed by atoms with Gasteiger partial charge in [-0.3, -0.25) is 9.36 Å². The van der Waals surface area contributed by atoms with E-state index in [1.165, 1.54) is 4.68 Å². The van der Waals surface area contributed by atoms with Gasteiger partial charge in [0.05, 0.1) is 12.7 Å².